The van der Waals surface area contributed by atoms with E-state index in [2.05, 4.69) is 16.7 Å². The fourth-order valence-corrected chi connectivity index (χ4v) is 2.16. The first-order valence-corrected chi connectivity index (χ1v) is 7.33. The Kier molecular flexibility index (Phi) is 5.42. The quantitative estimate of drug-likeness (QED) is 0.831. The van der Waals surface area contributed by atoms with Crippen molar-refractivity contribution in [2.75, 3.05) is 6.73 Å². The Morgan fingerprint density at radius 2 is 1.64 bits per heavy atom. The van der Waals surface area contributed by atoms with E-state index in [1.165, 1.54) is 5.56 Å². The van der Waals surface area contributed by atoms with Gasteiger partial charge in [0.2, 0.25) is 0 Å². The van der Waals surface area contributed by atoms with Crippen LogP contribution in [-0.4, -0.2) is 12.8 Å². The first kappa shape index (κ1) is 15.9. The molecule has 0 aliphatic heterocycles. The number of carbonyl (C=O) groups excluding carboxylic acids is 1. The summed E-state index contributed by atoms with van der Waals surface area (Å²) in [5, 5.41) is 5.50. The van der Waals surface area contributed by atoms with E-state index in [1.54, 1.807) is 0 Å². The van der Waals surface area contributed by atoms with Gasteiger partial charge >= 0.3 is 6.03 Å². The van der Waals surface area contributed by atoms with Gasteiger partial charge in [-0.05, 0) is 43.0 Å². The van der Waals surface area contributed by atoms with Gasteiger partial charge < -0.3 is 15.4 Å². The van der Waals surface area contributed by atoms with Crippen LogP contribution in [-0.2, 0) is 6.54 Å². The molecule has 0 spiro atoms. The summed E-state index contributed by atoms with van der Waals surface area (Å²) in [5.41, 5.74) is 4.40. The molecule has 0 saturated heterocycles. The lowest BCUT2D eigenvalue weighted by molar-refractivity contribution is 0.223. The molecule has 0 atom stereocenters. The molecule has 0 aliphatic carbocycles. The second-order valence-corrected chi connectivity index (χ2v) is 5.29. The molecule has 0 radical (unpaired) electrons. The number of rotatable bonds is 5. The number of amides is 2. The molecule has 0 fully saturated rings. The molecule has 4 heteroatoms. The van der Waals surface area contributed by atoms with Crippen LogP contribution in [0.5, 0.6) is 5.75 Å². The maximum Gasteiger partial charge on any atom is 0.317 e. The summed E-state index contributed by atoms with van der Waals surface area (Å²) in [6.45, 7) is 6.70. The van der Waals surface area contributed by atoms with E-state index < -0.39 is 0 Å². The van der Waals surface area contributed by atoms with Crippen molar-refractivity contribution >= 4 is 6.03 Å². The molecule has 0 heterocycles. The minimum absolute atomic E-state index is 0.145. The van der Waals surface area contributed by atoms with Gasteiger partial charge in [-0.2, -0.15) is 0 Å². The zero-order valence-electron chi connectivity index (χ0n) is 13.3. The molecule has 0 aromatic heterocycles. The zero-order valence-corrected chi connectivity index (χ0v) is 13.3. The summed E-state index contributed by atoms with van der Waals surface area (Å²) in [4.78, 5) is 11.7. The summed E-state index contributed by atoms with van der Waals surface area (Å²) in [7, 11) is 0. The van der Waals surface area contributed by atoms with E-state index in [0.29, 0.717) is 6.54 Å². The summed E-state index contributed by atoms with van der Waals surface area (Å²) in [5.74, 6) is 0.836. The molecular formula is C18H22N2O2. The maximum atomic E-state index is 11.7. The van der Waals surface area contributed by atoms with Gasteiger partial charge in [0, 0.05) is 6.54 Å². The number of hydrogen-bond donors (Lipinski definition) is 2. The number of ether oxygens (including phenoxy) is 1. The van der Waals surface area contributed by atoms with Crippen LogP contribution in [0.15, 0.2) is 42.5 Å². The molecule has 2 aromatic carbocycles. The topological polar surface area (TPSA) is 50.4 Å². The molecule has 2 aromatic rings. The van der Waals surface area contributed by atoms with Crippen LogP contribution in [0.3, 0.4) is 0 Å². The van der Waals surface area contributed by atoms with Crippen LogP contribution >= 0.6 is 0 Å². The van der Waals surface area contributed by atoms with Crippen LogP contribution < -0.4 is 15.4 Å². The highest BCUT2D eigenvalue weighted by Gasteiger charge is 2.07. The highest BCUT2D eigenvalue weighted by molar-refractivity contribution is 5.73. The number of carbonyl (C=O) groups is 1. The lowest BCUT2D eigenvalue weighted by Crippen LogP contribution is -2.37. The average Bonchev–Trinajstić information content (AvgIpc) is 2.53. The first-order valence-electron chi connectivity index (χ1n) is 7.33. The largest absolute Gasteiger partial charge is 0.473 e. The fourth-order valence-electron chi connectivity index (χ4n) is 2.16. The summed E-state index contributed by atoms with van der Waals surface area (Å²) < 4.78 is 5.70. The van der Waals surface area contributed by atoms with Crippen molar-refractivity contribution in [2.24, 2.45) is 0 Å². The van der Waals surface area contributed by atoms with Gasteiger partial charge in [-0.15, -0.1) is 0 Å². The van der Waals surface area contributed by atoms with Crippen LogP contribution in [0, 0.1) is 20.8 Å². The molecule has 0 unspecified atom stereocenters. The predicted molar refractivity (Wildman–Crippen MR) is 88.0 cm³/mol. The normalized spacial score (nSPS) is 10.1. The van der Waals surface area contributed by atoms with Crippen molar-refractivity contribution in [2.45, 2.75) is 27.3 Å². The minimum atomic E-state index is -0.244. The minimum Gasteiger partial charge on any atom is -0.473 e. The Balaban J connectivity index is 1.79. The lowest BCUT2D eigenvalue weighted by atomic mass is 10.1. The van der Waals surface area contributed by atoms with Crippen LogP contribution in [0.2, 0.25) is 0 Å². The molecule has 22 heavy (non-hydrogen) atoms. The van der Waals surface area contributed by atoms with Crippen molar-refractivity contribution in [3.8, 4) is 5.75 Å². The molecule has 4 nitrogen and oxygen atoms in total. The number of nitrogens with one attached hydrogen (secondary N) is 2. The summed E-state index contributed by atoms with van der Waals surface area (Å²) >= 11 is 0. The second-order valence-electron chi connectivity index (χ2n) is 5.29. The van der Waals surface area contributed by atoms with Crippen LogP contribution in [0.4, 0.5) is 4.79 Å². The Morgan fingerprint density at radius 3 is 2.36 bits per heavy atom. The third kappa shape index (κ3) is 4.25. The molecule has 2 N–H and O–H groups in total. The smallest absolute Gasteiger partial charge is 0.317 e. The Bertz CT molecular complexity index is 639. The van der Waals surface area contributed by atoms with E-state index in [0.717, 1.165) is 22.4 Å². The van der Waals surface area contributed by atoms with Crippen LogP contribution in [0.25, 0.3) is 0 Å². The van der Waals surface area contributed by atoms with Crippen molar-refractivity contribution in [3.05, 3.63) is 64.7 Å². The van der Waals surface area contributed by atoms with E-state index in [9.17, 15) is 4.79 Å². The molecule has 2 rings (SSSR count). The van der Waals surface area contributed by atoms with E-state index in [1.807, 2.05) is 57.2 Å². The van der Waals surface area contributed by atoms with E-state index in [-0.39, 0.29) is 12.8 Å². The van der Waals surface area contributed by atoms with Gasteiger partial charge in [0.15, 0.2) is 6.73 Å². The Labute approximate surface area is 131 Å². The fraction of sp³-hybridized carbons (Fsp3) is 0.278. The molecule has 0 bridgehead atoms. The molecule has 0 saturated carbocycles. The highest BCUT2D eigenvalue weighted by Crippen LogP contribution is 2.25. The van der Waals surface area contributed by atoms with Gasteiger partial charge in [-0.3, -0.25) is 0 Å². The van der Waals surface area contributed by atoms with Gasteiger partial charge in [0.25, 0.3) is 0 Å². The van der Waals surface area contributed by atoms with E-state index >= 15 is 0 Å². The molecule has 0 aliphatic rings. The van der Waals surface area contributed by atoms with Gasteiger partial charge in [0.05, 0.1) is 0 Å². The van der Waals surface area contributed by atoms with Gasteiger partial charge in [0.1, 0.15) is 5.75 Å². The summed E-state index contributed by atoms with van der Waals surface area (Å²) in [6, 6.07) is 13.6. The highest BCUT2D eigenvalue weighted by atomic mass is 16.5. The van der Waals surface area contributed by atoms with Crippen molar-refractivity contribution in [1.82, 2.24) is 10.6 Å². The van der Waals surface area contributed by atoms with Gasteiger partial charge in [-0.25, -0.2) is 4.79 Å². The third-order valence-electron chi connectivity index (χ3n) is 3.62. The van der Waals surface area contributed by atoms with Gasteiger partial charge in [-0.1, -0.05) is 42.5 Å². The molecule has 2 amide bonds. The number of urea groups is 1. The first-order chi connectivity index (χ1) is 10.6. The maximum absolute atomic E-state index is 11.7. The molecule has 116 valence electrons. The SMILES string of the molecule is Cc1ccc(C)c(OCNC(=O)NCc2ccccc2)c1C. The number of benzene rings is 2. The third-order valence-corrected chi connectivity index (χ3v) is 3.62. The Hall–Kier alpha value is -2.49. The van der Waals surface area contributed by atoms with Crippen molar-refractivity contribution in [3.63, 3.8) is 0 Å². The Morgan fingerprint density at radius 1 is 0.955 bits per heavy atom. The second kappa shape index (κ2) is 7.50. The monoisotopic (exact) mass is 298 g/mol. The van der Waals surface area contributed by atoms with E-state index in [4.69, 9.17) is 4.74 Å². The van der Waals surface area contributed by atoms with Crippen molar-refractivity contribution < 1.29 is 9.53 Å². The number of hydrogen-bond acceptors (Lipinski definition) is 2. The lowest BCUT2D eigenvalue weighted by Gasteiger charge is -2.14. The predicted octanol–water partition coefficient (Wildman–Crippen LogP) is 3.45. The zero-order chi connectivity index (χ0) is 15.9. The van der Waals surface area contributed by atoms with Crippen LogP contribution in [0.1, 0.15) is 22.3 Å². The van der Waals surface area contributed by atoms with Crippen molar-refractivity contribution in [1.29, 1.82) is 0 Å². The molecular weight excluding hydrogens is 276 g/mol. The average molecular weight is 298 g/mol. The standard InChI is InChI=1S/C18H22N2O2/c1-13-9-10-14(2)17(15(13)3)22-12-20-18(21)19-11-16-7-5-4-6-8-16/h4-10H,11-12H2,1-3H3,(H2,19,20,21). The number of aryl methyl sites for hydroxylation is 2. The summed E-state index contributed by atoms with van der Waals surface area (Å²) in [6.07, 6.45) is 0.